The number of ketones is 1. The smallest absolute Gasteiger partial charge is 0.138 e. The summed E-state index contributed by atoms with van der Waals surface area (Å²) in [5, 5.41) is 0. The van der Waals surface area contributed by atoms with E-state index in [-0.39, 0.29) is 5.41 Å². The fourth-order valence-electron chi connectivity index (χ4n) is 2.97. The van der Waals surface area contributed by atoms with E-state index >= 15 is 0 Å². The van der Waals surface area contributed by atoms with Crippen LogP contribution in [-0.4, -0.2) is 5.78 Å². The number of carbonyl (C=O) groups excluding carboxylic acids is 1. The molecule has 0 aromatic heterocycles. The van der Waals surface area contributed by atoms with Crippen LogP contribution in [0.4, 0.5) is 0 Å². The molecule has 0 amide bonds. The first-order chi connectivity index (χ1) is 4.60. The average molecular weight is 138 g/mol. The quantitative estimate of drug-likeness (QED) is 0.571. The number of hydrogen-bond acceptors (Lipinski definition) is 1. The molecule has 1 nitrogen and oxygen atoms in total. The van der Waals surface area contributed by atoms with Crippen LogP contribution in [0, 0.1) is 10.8 Å². The second kappa shape index (κ2) is 1.46. The Morgan fingerprint density at radius 2 is 1.90 bits per heavy atom. The van der Waals surface area contributed by atoms with Crippen LogP contribution < -0.4 is 0 Å². The van der Waals surface area contributed by atoms with Crippen LogP contribution in [0.15, 0.2) is 0 Å². The van der Waals surface area contributed by atoms with Crippen molar-refractivity contribution in [2.24, 2.45) is 10.8 Å². The predicted octanol–water partition coefficient (Wildman–Crippen LogP) is 2.16. The van der Waals surface area contributed by atoms with E-state index in [1.54, 1.807) is 0 Å². The van der Waals surface area contributed by atoms with Gasteiger partial charge in [-0.3, -0.25) is 4.79 Å². The summed E-state index contributed by atoms with van der Waals surface area (Å²) in [6.45, 7) is 4.27. The van der Waals surface area contributed by atoms with E-state index in [1.807, 2.05) is 6.92 Å². The molecule has 3 saturated carbocycles. The Morgan fingerprint density at radius 3 is 2.20 bits per heavy atom. The summed E-state index contributed by atoms with van der Waals surface area (Å²) < 4.78 is 0. The lowest BCUT2D eigenvalue weighted by Crippen LogP contribution is -2.63. The Morgan fingerprint density at radius 1 is 1.40 bits per heavy atom. The molecule has 2 bridgehead atoms. The molecule has 56 valence electrons. The summed E-state index contributed by atoms with van der Waals surface area (Å²) in [4.78, 5) is 11.3. The fraction of sp³-hybridized carbons (Fsp3) is 0.889. The van der Waals surface area contributed by atoms with Gasteiger partial charge in [-0.1, -0.05) is 13.8 Å². The largest absolute Gasteiger partial charge is 0.299 e. The standard InChI is InChI=1S/C9H14O/c1-3-7(10)9-4-8(2,5-9)6-9/h3-6H2,1-2H3. The summed E-state index contributed by atoms with van der Waals surface area (Å²) in [6, 6.07) is 0. The van der Waals surface area contributed by atoms with Crippen molar-refractivity contribution in [2.75, 3.05) is 0 Å². The predicted molar refractivity (Wildman–Crippen MR) is 39.7 cm³/mol. The Kier molecular flexibility index (Phi) is 0.934. The molecular weight excluding hydrogens is 124 g/mol. The average Bonchev–Trinajstić information content (AvgIpc) is 1.77. The molecule has 3 aliphatic rings. The van der Waals surface area contributed by atoms with Crippen molar-refractivity contribution in [3.8, 4) is 0 Å². The van der Waals surface area contributed by atoms with Crippen LogP contribution >= 0.6 is 0 Å². The number of carbonyl (C=O) groups is 1. The van der Waals surface area contributed by atoms with Crippen molar-refractivity contribution >= 4 is 5.78 Å². The molecule has 0 aromatic carbocycles. The summed E-state index contributed by atoms with van der Waals surface area (Å²) in [6.07, 6.45) is 4.31. The second-order valence-electron chi connectivity index (χ2n) is 4.40. The molecule has 0 atom stereocenters. The third-order valence-corrected chi connectivity index (χ3v) is 3.21. The maximum atomic E-state index is 11.3. The van der Waals surface area contributed by atoms with Gasteiger partial charge < -0.3 is 0 Å². The molecule has 0 spiro atoms. The molecule has 0 unspecified atom stereocenters. The van der Waals surface area contributed by atoms with E-state index in [0.29, 0.717) is 11.2 Å². The maximum Gasteiger partial charge on any atom is 0.138 e. The van der Waals surface area contributed by atoms with Crippen LogP contribution in [0.3, 0.4) is 0 Å². The van der Waals surface area contributed by atoms with Gasteiger partial charge in [0.1, 0.15) is 5.78 Å². The number of hydrogen-bond donors (Lipinski definition) is 0. The Labute approximate surface area is 61.8 Å². The number of rotatable bonds is 2. The first-order valence-corrected chi connectivity index (χ1v) is 4.14. The Bertz CT molecular complexity index is 173. The molecule has 0 aliphatic heterocycles. The molecule has 10 heavy (non-hydrogen) atoms. The SMILES string of the molecule is CCC(=O)C12CC(C)(C1)C2. The van der Waals surface area contributed by atoms with Crippen LogP contribution in [-0.2, 0) is 4.79 Å². The zero-order chi connectivity index (χ0) is 7.41. The van der Waals surface area contributed by atoms with Gasteiger partial charge in [0, 0.05) is 11.8 Å². The van der Waals surface area contributed by atoms with Gasteiger partial charge in [0.2, 0.25) is 0 Å². The molecule has 3 aliphatic carbocycles. The van der Waals surface area contributed by atoms with E-state index in [9.17, 15) is 4.79 Å². The molecule has 0 radical (unpaired) electrons. The lowest BCUT2D eigenvalue weighted by molar-refractivity contribution is -0.197. The summed E-state index contributed by atoms with van der Waals surface area (Å²) in [7, 11) is 0. The lowest BCUT2D eigenvalue weighted by Gasteiger charge is -2.68. The molecule has 3 rings (SSSR count). The highest BCUT2D eigenvalue weighted by atomic mass is 16.1. The van der Waals surface area contributed by atoms with E-state index in [1.165, 1.54) is 19.3 Å². The minimum Gasteiger partial charge on any atom is -0.299 e. The maximum absolute atomic E-state index is 11.3. The first kappa shape index (κ1) is 6.38. The van der Waals surface area contributed by atoms with Gasteiger partial charge >= 0.3 is 0 Å². The zero-order valence-electron chi connectivity index (χ0n) is 6.74. The van der Waals surface area contributed by atoms with Crippen molar-refractivity contribution in [3.05, 3.63) is 0 Å². The van der Waals surface area contributed by atoms with Crippen LogP contribution in [0.1, 0.15) is 39.5 Å². The van der Waals surface area contributed by atoms with Gasteiger partial charge in [-0.25, -0.2) is 0 Å². The lowest BCUT2D eigenvalue weighted by atomic mass is 9.34. The van der Waals surface area contributed by atoms with Gasteiger partial charge in [0.05, 0.1) is 0 Å². The fourth-order valence-corrected chi connectivity index (χ4v) is 2.97. The van der Waals surface area contributed by atoms with E-state index in [0.717, 1.165) is 6.42 Å². The second-order valence-corrected chi connectivity index (χ2v) is 4.40. The molecule has 1 heteroatoms. The molecule has 3 fully saturated rings. The molecule has 0 aromatic rings. The van der Waals surface area contributed by atoms with Crippen molar-refractivity contribution in [3.63, 3.8) is 0 Å². The minimum absolute atomic E-state index is 0.198. The van der Waals surface area contributed by atoms with Crippen molar-refractivity contribution in [1.82, 2.24) is 0 Å². The summed E-state index contributed by atoms with van der Waals surface area (Å²) in [5.74, 6) is 0.510. The molecule has 0 heterocycles. The highest BCUT2D eigenvalue weighted by Gasteiger charge is 2.67. The van der Waals surface area contributed by atoms with Gasteiger partial charge in [-0.2, -0.15) is 0 Å². The van der Waals surface area contributed by atoms with Crippen LogP contribution in [0.2, 0.25) is 0 Å². The van der Waals surface area contributed by atoms with Gasteiger partial charge in [-0.05, 0) is 24.7 Å². The van der Waals surface area contributed by atoms with Crippen LogP contribution in [0.5, 0.6) is 0 Å². The summed E-state index contributed by atoms with van der Waals surface area (Å²) in [5.41, 5.74) is 0.786. The highest BCUT2D eigenvalue weighted by Crippen LogP contribution is 2.73. The molecule has 0 N–H and O–H groups in total. The van der Waals surface area contributed by atoms with E-state index in [2.05, 4.69) is 6.92 Å². The highest BCUT2D eigenvalue weighted by molar-refractivity contribution is 5.88. The zero-order valence-corrected chi connectivity index (χ0v) is 6.74. The Balaban J connectivity index is 2.04. The topological polar surface area (TPSA) is 17.1 Å². The molecular formula is C9H14O. The monoisotopic (exact) mass is 138 g/mol. The van der Waals surface area contributed by atoms with Crippen LogP contribution in [0.25, 0.3) is 0 Å². The summed E-state index contributed by atoms with van der Waals surface area (Å²) >= 11 is 0. The Hall–Kier alpha value is -0.330. The van der Waals surface area contributed by atoms with Gasteiger partial charge in [0.15, 0.2) is 0 Å². The van der Waals surface area contributed by atoms with Crippen molar-refractivity contribution in [1.29, 1.82) is 0 Å². The molecule has 0 saturated heterocycles. The first-order valence-electron chi connectivity index (χ1n) is 4.14. The third-order valence-electron chi connectivity index (χ3n) is 3.21. The minimum atomic E-state index is 0.198. The van der Waals surface area contributed by atoms with Crippen molar-refractivity contribution < 1.29 is 4.79 Å². The van der Waals surface area contributed by atoms with E-state index < -0.39 is 0 Å². The van der Waals surface area contributed by atoms with Crippen molar-refractivity contribution in [2.45, 2.75) is 39.5 Å². The third kappa shape index (κ3) is 0.518. The van der Waals surface area contributed by atoms with Gasteiger partial charge in [-0.15, -0.1) is 0 Å². The van der Waals surface area contributed by atoms with Gasteiger partial charge in [0.25, 0.3) is 0 Å². The number of Topliss-reactive ketones (excluding diaryl/α,β-unsaturated/α-hetero) is 1. The normalized spacial score (nSPS) is 49.4. The van der Waals surface area contributed by atoms with E-state index in [4.69, 9.17) is 0 Å².